The fourth-order valence-electron chi connectivity index (χ4n) is 4.52. The highest BCUT2D eigenvalue weighted by Crippen LogP contribution is 2.33. The van der Waals surface area contributed by atoms with Gasteiger partial charge in [0.25, 0.3) is 5.56 Å². The minimum Gasteiger partial charge on any atom is -0.507 e. The number of benzene rings is 1. The highest BCUT2D eigenvalue weighted by molar-refractivity contribution is 5.89. The largest absolute Gasteiger partial charge is 0.507 e. The molecule has 1 atom stereocenters. The van der Waals surface area contributed by atoms with Gasteiger partial charge in [0.05, 0.1) is 6.20 Å². The molecule has 0 radical (unpaired) electrons. The molecular weight excluding hydrogens is 380 g/mol. The quantitative estimate of drug-likeness (QED) is 0.686. The number of anilines is 1. The van der Waals surface area contributed by atoms with Gasteiger partial charge in [-0.2, -0.15) is 0 Å². The van der Waals surface area contributed by atoms with Crippen LogP contribution >= 0.6 is 0 Å². The second kappa shape index (κ2) is 7.05. The molecule has 1 aliphatic carbocycles. The van der Waals surface area contributed by atoms with E-state index < -0.39 is 0 Å². The molecule has 0 bridgehead atoms. The number of phenols is 1. The zero-order valence-corrected chi connectivity index (χ0v) is 17.3. The predicted molar refractivity (Wildman–Crippen MR) is 116 cm³/mol. The van der Waals surface area contributed by atoms with E-state index in [9.17, 15) is 9.90 Å². The number of aryl methyl sites for hydroxylation is 1. The van der Waals surface area contributed by atoms with Crippen LogP contribution in [0.4, 0.5) is 5.95 Å². The van der Waals surface area contributed by atoms with Crippen molar-refractivity contribution >= 4 is 16.7 Å². The number of nitrogens with zero attached hydrogens (tertiary/aromatic N) is 5. The molecule has 2 aliphatic rings. The van der Waals surface area contributed by atoms with E-state index in [1.54, 1.807) is 37.6 Å². The third-order valence-corrected chi connectivity index (χ3v) is 6.50. The monoisotopic (exact) mass is 406 g/mol. The summed E-state index contributed by atoms with van der Waals surface area (Å²) in [4.78, 5) is 19.1. The number of aromatic nitrogens is 4. The smallest absolute Gasteiger partial charge is 0.258 e. The van der Waals surface area contributed by atoms with E-state index in [1.807, 2.05) is 0 Å². The molecular formula is C22H26N6O2. The molecule has 1 aliphatic heterocycles. The molecule has 3 aromatic rings. The summed E-state index contributed by atoms with van der Waals surface area (Å²) in [5, 5.41) is 24.0. The number of pyridine rings is 1. The Balaban J connectivity index is 1.37. The number of hydrogen-bond acceptors (Lipinski definition) is 7. The normalized spacial score (nSPS) is 20.5. The van der Waals surface area contributed by atoms with E-state index in [0.717, 1.165) is 19.5 Å². The Morgan fingerprint density at radius 2 is 2.10 bits per heavy atom. The molecule has 8 nitrogen and oxygen atoms in total. The fourth-order valence-corrected chi connectivity index (χ4v) is 4.52. The first-order valence-electron chi connectivity index (χ1n) is 10.5. The van der Waals surface area contributed by atoms with E-state index in [-0.39, 0.29) is 16.8 Å². The highest BCUT2D eigenvalue weighted by atomic mass is 16.3. The molecule has 1 unspecified atom stereocenters. The predicted octanol–water partition coefficient (Wildman–Crippen LogP) is 2.21. The van der Waals surface area contributed by atoms with Gasteiger partial charge < -0.3 is 19.9 Å². The van der Waals surface area contributed by atoms with E-state index in [4.69, 9.17) is 0 Å². The Bertz CT molecular complexity index is 1150. The lowest BCUT2D eigenvalue weighted by molar-refractivity contribution is 0.189. The van der Waals surface area contributed by atoms with Crippen LogP contribution < -0.4 is 15.8 Å². The van der Waals surface area contributed by atoms with Crippen LogP contribution in [0.3, 0.4) is 0 Å². The molecule has 1 saturated carbocycles. The maximum absolute atomic E-state index is 12.4. The number of nitrogens with one attached hydrogen (secondary N) is 1. The van der Waals surface area contributed by atoms with Gasteiger partial charge in [0.2, 0.25) is 5.95 Å². The number of rotatable bonds is 4. The van der Waals surface area contributed by atoms with Crippen molar-refractivity contribution in [1.29, 1.82) is 0 Å². The third kappa shape index (κ3) is 3.31. The lowest BCUT2D eigenvalue weighted by atomic mass is 9.78. The molecule has 2 fully saturated rings. The number of phenolic OH excluding ortho intramolecular Hbond substituents is 1. The maximum atomic E-state index is 12.4. The van der Waals surface area contributed by atoms with Crippen LogP contribution in [-0.2, 0) is 7.05 Å². The van der Waals surface area contributed by atoms with Crippen molar-refractivity contribution in [3.8, 4) is 17.0 Å². The van der Waals surface area contributed by atoms with Gasteiger partial charge in [-0.3, -0.25) is 4.79 Å². The summed E-state index contributed by atoms with van der Waals surface area (Å²) in [5.41, 5.74) is 1.06. The number of hydrogen-bond donors (Lipinski definition) is 2. The van der Waals surface area contributed by atoms with Gasteiger partial charge in [-0.05, 0) is 56.2 Å². The van der Waals surface area contributed by atoms with Crippen LogP contribution in [0.2, 0.25) is 0 Å². The first-order valence-corrected chi connectivity index (χ1v) is 10.5. The average Bonchev–Trinajstić information content (AvgIpc) is 3.18. The minimum absolute atomic E-state index is 0.0544. The summed E-state index contributed by atoms with van der Waals surface area (Å²) in [7, 11) is 1.70. The van der Waals surface area contributed by atoms with Gasteiger partial charge in [-0.15, -0.1) is 10.2 Å². The van der Waals surface area contributed by atoms with Gasteiger partial charge in [0, 0.05) is 48.9 Å². The maximum Gasteiger partial charge on any atom is 0.258 e. The molecule has 3 heterocycles. The molecule has 0 amide bonds. The van der Waals surface area contributed by atoms with Crippen molar-refractivity contribution in [2.24, 2.45) is 7.05 Å². The van der Waals surface area contributed by atoms with Gasteiger partial charge in [0.1, 0.15) is 11.4 Å². The van der Waals surface area contributed by atoms with Crippen LogP contribution in [0, 0.1) is 0 Å². The van der Waals surface area contributed by atoms with Crippen molar-refractivity contribution in [3.05, 3.63) is 40.9 Å². The third-order valence-electron chi connectivity index (χ3n) is 6.50. The summed E-state index contributed by atoms with van der Waals surface area (Å²) < 4.78 is 1.51. The first kappa shape index (κ1) is 19.0. The summed E-state index contributed by atoms with van der Waals surface area (Å²) in [6.45, 7) is 4.06. The summed E-state index contributed by atoms with van der Waals surface area (Å²) >= 11 is 0. The van der Waals surface area contributed by atoms with Crippen LogP contribution in [0.5, 0.6) is 5.75 Å². The highest BCUT2D eigenvalue weighted by Gasteiger charge is 2.36. The van der Waals surface area contributed by atoms with Crippen molar-refractivity contribution in [3.63, 3.8) is 0 Å². The lowest BCUT2D eigenvalue weighted by Gasteiger charge is -2.41. The van der Waals surface area contributed by atoms with E-state index in [0.29, 0.717) is 34.0 Å². The molecule has 2 N–H and O–H groups in total. The van der Waals surface area contributed by atoms with Crippen LogP contribution in [0.25, 0.3) is 22.0 Å². The Labute approximate surface area is 174 Å². The Hall–Kier alpha value is -3.00. The fraction of sp³-hybridized carbons (Fsp3) is 0.455. The first-order chi connectivity index (χ1) is 14.4. The minimum atomic E-state index is -0.123. The molecule has 30 heavy (non-hydrogen) atoms. The van der Waals surface area contributed by atoms with Crippen molar-refractivity contribution in [2.45, 2.75) is 44.2 Å². The van der Waals surface area contributed by atoms with Gasteiger partial charge >= 0.3 is 0 Å². The molecule has 1 aromatic carbocycles. The van der Waals surface area contributed by atoms with Crippen molar-refractivity contribution in [1.82, 2.24) is 25.1 Å². The topological polar surface area (TPSA) is 96.2 Å². The second-order valence-corrected chi connectivity index (χ2v) is 8.82. The summed E-state index contributed by atoms with van der Waals surface area (Å²) in [6.07, 6.45) is 8.16. The van der Waals surface area contributed by atoms with Gasteiger partial charge in [-0.25, -0.2) is 4.98 Å². The standard InChI is InChI=1S/C22H26N6O2/c1-22(6-3-7-22)24-15-5-9-28(13-15)21-23-12-18(25-26-21)17-11-16-14(10-19(17)29)4-8-27(2)20(16)30/h4,8,10-12,15,24,29H,3,5-7,9,13H2,1-2H3. The molecule has 5 rings (SSSR count). The van der Waals surface area contributed by atoms with Crippen LogP contribution in [0.1, 0.15) is 32.6 Å². The number of fused-ring (bicyclic) bond motifs is 1. The van der Waals surface area contributed by atoms with E-state index >= 15 is 0 Å². The molecule has 156 valence electrons. The molecule has 1 saturated heterocycles. The SMILES string of the molecule is Cn1ccc2cc(O)c(-c3cnc(N4CCC(NC5(C)CCC5)C4)nn3)cc2c1=O. The van der Waals surface area contributed by atoms with E-state index in [2.05, 4.69) is 32.3 Å². The lowest BCUT2D eigenvalue weighted by Crippen LogP contribution is -2.53. The second-order valence-electron chi connectivity index (χ2n) is 8.82. The Morgan fingerprint density at radius 1 is 1.27 bits per heavy atom. The molecule has 2 aromatic heterocycles. The van der Waals surface area contributed by atoms with Crippen LogP contribution in [0.15, 0.2) is 35.4 Å². The summed E-state index contributed by atoms with van der Waals surface area (Å²) in [6, 6.07) is 5.49. The molecule has 0 spiro atoms. The summed E-state index contributed by atoms with van der Waals surface area (Å²) in [5.74, 6) is 0.650. The molecule has 8 heteroatoms. The Kier molecular flexibility index (Phi) is 4.47. The van der Waals surface area contributed by atoms with Crippen LogP contribution in [-0.4, -0.2) is 49.5 Å². The zero-order valence-electron chi connectivity index (χ0n) is 17.3. The Morgan fingerprint density at radius 3 is 2.80 bits per heavy atom. The zero-order chi connectivity index (χ0) is 20.9. The van der Waals surface area contributed by atoms with Gasteiger partial charge in [0.15, 0.2) is 0 Å². The van der Waals surface area contributed by atoms with Crippen molar-refractivity contribution in [2.75, 3.05) is 18.0 Å². The van der Waals surface area contributed by atoms with Gasteiger partial charge in [-0.1, -0.05) is 0 Å². The number of aromatic hydroxyl groups is 1. The van der Waals surface area contributed by atoms with E-state index in [1.165, 1.54) is 23.8 Å². The average molecular weight is 406 g/mol. The van der Waals surface area contributed by atoms with Crippen molar-refractivity contribution < 1.29 is 5.11 Å².